The molecular formula is C23H25BrN4O2. The van der Waals surface area contributed by atoms with Gasteiger partial charge >= 0.3 is 0 Å². The second kappa shape index (κ2) is 8.06. The molecule has 2 aromatic carbocycles. The Labute approximate surface area is 184 Å². The number of amides is 1. The van der Waals surface area contributed by atoms with Gasteiger partial charge in [-0.3, -0.25) is 9.69 Å². The summed E-state index contributed by atoms with van der Waals surface area (Å²) >= 11 is 3.58. The summed E-state index contributed by atoms with van der Waals surface area (Å²) in [5, 5.41) is 14.6. The van der Waals surface area contributed by atoms with Crippen molar-refractivity contribution in [2.45, 2.75) is 12.5 Å². The minimum absolute atomic E-state index is 0.135. The number of nitrogens with one attached hydrogen (secondary N) is 2. The largest absolute Gasteiger partial charge is 0.508 e. The van der Waals surface area contributed by atoms with E-state index < -0.39 is 0 Å². The Kier molecular flexibility index (Phi) is 5.26. The van der Waals surface area contributed by atoms with Crippen LogP contribution in [0.1, 0.15) is 22.9 Å². The molecule has 5 rings (SSSR count). The standard InChI is InChI=1S/C23H25BrN4O2/c24-16-4-5-20-19(13-16)18-6-9-28(21(30)14-27-10-7-25-8-11-27)23(22(18)26-20)15-2-1-3-17(29)12-15/h1-5,12-13,23,25-26,29H,6-11,14H2. The van der Waals surface area contributed by atoms with E-state index in [1.54, 1.807) is 12.1 Å². The van der Waals surface area contributed by atoms with Gasteiger partial charge in [0.15, 0.2) is 0 Å². The van der Waals surface area contributed by atoms with Crippen LogP contribution in [0.25, 0.3) is 10.9 Å². The molecule has 2 aliphatic rings. The molecule has 0 bridgehead atoms. The number of nitrogens with zero attached hydrogens (tertiary/aromatic N) is 2. The van der Waals surface area contributed by atoms with Crippen molar-refractivity contribution in [3.05, 3.63) is 63.8 Å². The summed E-state index contributed by atoms with van der Waals surface area (Å²) in [6.07, 6.45) is 0.814. The summed E-state index contributed by atoms with van der Waals surface area (Å²) in [6.45, 7) is 4.72. The highest BCUT2D eigenvalue weighted by molar-refractivity contribution is 9.10. The number of H-pyrrole nitrogens is 1. The lowest BCUT2D eigenvalue weighted by Crippen LogP contribution is -2.50. The lowest BCUT2D eigenvalue weighted by molar-refractivity contribution is -0.134. The first-order valence-corrected chi connectivity index (χ1v) is 11.2. The number of aromatic hydroxyl groups is 1. The van der Waals surface area contributed by atoms with Gasteiger partial charge in [-0.25, -0.2) is 0 Å². The first kappa shape index (κ1) is 19.6. The average Bonchev–Trinajstić information content (AvgIpc) is 3.11. The Morgan fingerprint density at radius 2 is 1.97 bits per heavy atom. The van der Waals surface area contributed by atoms with Crippen LogP contribution in [0.5, 0.6) is 5.75 Å². The second-order valence-corrected chi connectivity index (χ2v) is 8.98. The number of phenolic OH excluding ortho intramolecular Hbond substituents is 1. The topological polar surface area (TPSA) is 71.6 Å². The van der Waals surface area contributed by atoms with E-state index in [0.717, 1.165) is 53.8 Å². The number of rotatable bonds is 3. The second-order valence-electron chi connectivity index (χ2n) is 8.07. The molecule has 1 saturated heterocycles. The maximum Gasteiger partial charge on any atom is 0.237 e. The van der Waals surface area contributed by atoms with Gasteiger partial charge in [0, 0.05) is 53.8 Å². The average molecular weight is 469 g/mol. The van der Waals surface area contributed by atoms with Gasteiger partial charge in [-0.2, -0.15) is 0 Å². The molecule has 3 heterocycles. The predicted molar refractivity (Wildman–Crippen MR) is 121 cm³/mol. The number of halogens is 1. The van der Waals surface area contributed by atoms with Crippen molar-refractivity contribution < 1.29 is 9.90 Å². The van der Waals surface area contributed by atoms with Gasteiger partial charge in [0.05, 0.1) is 12.6 Å². The van der Waals surface area contributed by atoms with Crippen LogP contribution in [0.2, 0.25) is 0 Å². The molecule has 1 fully saturated rings. The van der Waals surface area contributed by atoms with Crippen LogP contribution in [-0.4, -0.2) is 65.1 Å². The van der Waals surface area contributed by atoms with Crippen LogP contribution in [0.4, 0.5) is 0 Å². The SMILES string of the molecule is O=C(CN1CCNCC1)N1CCc2c([nH]c3ccc(Br)cc23)C1c1cccc(O)c1. The quantitative estimate of drug-likeness (QED) is 0.552. The molecule has 7 heteroatoms. The van der Waals surface area contributed by atoms with Gasteiger partial charge in [0.2, 0.25) is 5.91 Å². The number of carbonyl (C=O) groups is 1. The number of fused-ring (bicyclic) bond motifs is 3. The van der Waals surface area contributed by atoms with E-state index in [2.05, 4.69) is 43.3 Å². The summed E-state index contributed by atoms with van der Waals surface area (Å²) < 4.78 is 1.04. The summed E-state index contributed by atoms with van der Waals surface area (Å²) in [7, 11) is 0. The predicted octanol–water partition coefficient (Wildman–Crippen LogP) is 3.02. The number of aromatic nitrogens is 1. The molecule has 0 aliphatic carbocycles. The molecule has 6 nitrogen and oxygen atoms in total. The van der Waals surface area contributed by atoms with Crippen molar-refractivity contribution >= 4 is 32.7 Å². The van der Waals surface area contributed by atoms with Crippen molar-refractivity contribution in [1.82, 2.24) is 20.1 Å². The van der Waals surface area contributed by atoms with Gasteiger partial charge in [0.25, 0.3) is 0 Å². The van der Waals surface area contributed by atoms with Gasteiger partial charge in [-0.1, -0.05) is 28.1 Å². The third-order valence-corrected chi connectivity index (χ3v) is 6.66. The number of hydrogen-bond acceptors (Lipinski definition) is 4. The number of aromatic amines is 1. The zero-order chi connectivity index (χ0) is 20.7. The van der Waals surface area contributed by atoms with Crippen molar-refractivity contribution in [3.63, 3.8) is 0 Å². The van der Waals surface area contributed by atoms with Gasteiger partial charge in [-0.05, 0) is 47.9 Å². The highest BCUT2D eigenvalue weighted by Gasteiger charge is 2.35. The maximum atomic E-state index is 13.4. The van der Waals surface area contributed by atoms with Crippen molar-refractivity contribution in [2.75, 3.05) is 39.3 Å². The Hall–Kier alpha value is -2.35. The first-order valence-electron chi connectivity index (χ1n) is 10.4. The van der Waals surface area contributed by atoms with E-state index in [1.165, 1.54) is 10.9 Å². The van der Waals surface area contributed by atoms with E-state index in [-0.39, 0.29) is 17.7 Å². The van der Waals surface area contributed by atoms with E-state index in [9.17, 15) is 9.90 Å². The fraction of sp³-hybridized carbons (Fsp3) is 0.348. The van der Waals surface area contributed by atoms with E-state index in [1.807, 2.05) is 23.1 Å². The Balaban J connectivity index is 1.56. The van der Waals surface area contributed by atoms with Crippen LogP contribution >= 0.6 is 15.9 Å². The number of phenols is 1. The summed E-state index contributed by atoms with van der Waals surface area (Å²) in [4.78, 5) is 21.2. The Bertz CT molecular complexity index is 1090. The van der Waals surface area contributed by atoms with Gasteiger partial charge in [-0.15, -0.1) is 0 Å². The summed E-state index contributed by atoms with van der Waals surface area (Å²) in [5.74, 6) is 0.351. The summed E-state index contributed by atoms with van der Waals surface area (Å²) in [6, 6.07) is 13.3. The fourth-order valence-corrected chi connectivity index (χ4v) is 5.08. The molecular weight excluding hydrogens is 444 g/mol. The normalized spacial score (nSPS) is 19.8. The molecule has 1 unspecified atom stereocenters. The third-order valence-electron chi connectivity index (χ3n) is 6.16. The van der Waals surface area contributed by atoms with E-state index in [0.29, 0.717) is 13.1 Å². The van der Waals surface area contributed by atoms with Crippen LogP contribution in [0.15, 0.2) is 46.9 Å². The number of carbonyl (C=O) groups excluding carboxylic acids is 1. The van der Waals surface area contributed by atoms with Gasteiger partial charge in [0.1, 0.15) is 5.75 Å². The van der Waals surface area contributed by atoms with Crippen LogP contribution in [-0.2, 0) is 11.2 Å². The molecule has 0 radical (unpaired) electrons. The fourth-order valence-electron chi connectivity index (χ4n) is 4.72. The molecule has 1 aromatic heterocycles. The number of benzene rings is 2. The van der Waals surface area contributed by atoms with Crippen LogP contribution in [0.3, 0.4) is 0 Å². The van der Waals surface area contributed by atoms with Crippen molar-refractivity contribution in [1.29, 1.82) is 0 Å². The summed E-state index contributed by atoms with van der Waals surface area (Å²) in [5.41, 5.74) is 4.31. The Morgan fingerprint density at radius 1 is 1.13 bits per heavy atom. The van der Waals surface area contributed by atoms with Crippen molar-refractivity contribution in [3.8, 4) is 5.75 Å². The highest BCUT2D eigenvalue weighted by atomic mass is 79.9. The molecule has 3 N–H and O–H groups in total. The van der Waals surface area contributed by atoms with Crippen LogP contribution < -0.4 is 5.32 Å². The van der Waals surface area contributed by atoms with Crippen LogP contribution in [0, 0.1) is 0 Å². The first-order chi connectivity index (χ1) is 14.6. The zero-order valence-corrected chi connectivity index (χ0v) is 18.3. The monoisotopic (exact) mass is 468 g/mol. The molecule has 30 heavy (non-hydrogen) atoms. The molecule has 1 atom stereocenters. The minimum Gasteiger partial charge on any atom is -0.508 e. The molecule has 0 spiro atoms. The molecule has 1 amide bonds. The lowest BCUT2D eigenvalue weighted by Gasteiger charge is -2.38. The smallest absolute Gasteiger partial charge is 0.237 e. The molecule has 3 aromatic rings. The van der Waals surface area contributed by atoms with E-state index >= 15 is 0 Å². The van der Waals surface area contributed by atoms with E-state index in [4.69, 9.17) is 0 Å². The number of piperazine rings is 1. The minimum atomic E-state index is -0.234. The lowest BCUT2D eigenvalue weighted by atomic mass is 9.92. The molecule has 2 aliphatic heterocycles. The Morgan fingerprint density at radius 3 is 2.77 bits per heavy atom. The highest BCUT2D eigenvalue weighted by Crippen LogP contribution is 2.39. The molecule has 0 saturated carbocycles. The number of hydrogen-bond donors (Lipinski definition) is 3. The van der Waals surface area contributed by atoms with Crippen molar-refractivity contribution in [2.24, 2.45) is 0 Å². The van der Waals surface area contributed by atoms with Gasteiger partial charge < -0.3 is 20.3 Å². The zero-order valence-electron chi connectivity index (χ0n) is 16.7. The molecule has 156 valence electrons. The maximum absolute atomic E-state index is 13.4. The third kappa shape index (κ3) is 3.62.